The van der Waals surface area contributed by atoms with Crippen molar-refractivity contribution in [1.82, 2.24) is 0 Å². The van der Waals surface area contributed by atoms with E-state index in [1.54, 1.807) is 0 Å². The van der Waals surface area contributed by atoms with E-state index in [-0.39, 0.29) is 0 Å². The number of benzene rings is 2. The Morgan fingerprint density at radius 2 is 1.78 bits per heavy atom. The van der Waals surface area contributed by atoms with Crippen LogP contribution in [0.1, 0.15) is 5.56 Å². The largest absolute Gasteiger partial charge is 0.268 e. The molecule has 2 heteroatoms. The second kappa shape index (κ2) is 3.53. The molecule has 0 saturated carbocycles. The molecule has 0 saturated heterocycles. The van der Waals surface area contributed by atoms with E-state index >= 15 is 0 Å². The summed E-state index contributed by atoms with van der Waals surface area (Å²) in [6.07, 6.45) is 0. The van der Waals surface area contributed by atoms with Crippen molar-refractivity contribution in [2.45, 2.75) is 6.92 Å². The van der Waals surface area contributed by atoms with Gasteiger partial charge in [0.15, 0.2) is 0 Å². The van der Waals surface area contributed by atoms with E-state index < -0.39 is 0 Å². The molecule has 2 aromatic heterocycles. The molecule has 0 bridgehead atoms. The maximum Gasteiger partial charge on any atom is 0.268 e. The number of aromatic nitrogens is 1. The van der Waals surface area contributed by atoms with Gasteiger partial charge in [-0.1, -0.05) is 29.5 Å². The Hall–Kier alpha value is -1.93. The summed E-state index contributed by atoms with van der Waals surface area (Å²) < 4.78 is 3.71. The fraction of sp³-hybridized carbons (Fsp3) is 0.0625. The first-order chi connectivity index (χ1) is 8.83. The van der Waals surface area contributed by atoms with Crippen LogP contribution in [-0.4, -0.2) is 0 Å². The Labute approximate surface area is 109 Å². The van der Waals surface area contributed by atoms with Crippen LogP contribution in [0.4, 0.5) is 0 Å². The van der Waals surface area contributed by atoms with Gasteiger partial charge in [-0.2, -0.15) is 0 Å². The van der Waals surface area contributed by atoms with Crippen molar-refractivity contribution in [2.75, 3.05) is 0 Å². The van der Waals surface area contributed by atoms with Crippen molar-refractivity contribution < 1.29 is 4.40 Å². The molecule has 4 aromatic rings. The molecule has 0 amide bonds. The van der Waals surface area contributed by atoms with E-state index in [0.29, 0.717) is 0 Å². The zero-order valence-corrected chi connectivity index (χ0v) is 10.9. The van der Waals surface area contributed by atoms with Gasteiger partial charge in [0.05, 0.1) is 0 Å². The Balaban J connectivity index is 2.35. The second-order valence-corrected chi connectivity index (χ2v) is 5.70. The molecular weight excluding hydrogens is 238 g/mol. The SMILES string of the molecule is Cc1ccc2sc3ccc4ccccc4[n+]3c2c1. The van der Waals surface area contributed by atoms with Gasteiger partial charge in [-0.3, -0.25) is 0 Å². The average Bonchev–Trinajstić information content (AvgIpc) is 2.77. The lowest BCUT2D eigenvalue weighted by Gasteiger charge is -1.93. The van der Waals surface area contributed by atoms with Crippen LogP contribution in [0.25, 0.3) is 25.9 Å². The molecule has 0 unspecified atom stereocenters. The minimum Gasteiger partial charge on any atom is -0.143 e. The molecule has 86 valence electrons. The van der Waals surface area contributed by atoms with E-state index in [1.165, 1.54) is 31.5 Å². The zero-order chi connectivity index (χ0) is 12.1. The third-order valence-corrected chi connectivity index (χ3v) is 4.47. The normalized spacial score (nSPS) is 11.6. The molecule has 2 heterocycles. The highest BCUT2D eigenvalue weighted by Crippen LogP contribution is 2.24. The van der Waals surface area contributed by atoms with Crippen molar-refractivity contribution >= 4 is 37.3 Å². The lowest BCUT2D eigenvalue weighted by molar-refractivity contribution is -0.446. The fourth-order valence-corrected chi connectivity index (χ4v) is 3.56. The van der Waals surface area contributed by atoms with Crippen LogP contribution < -0.4 is 4.40 Å². The summed E-state index contributed by atoms with van der Waals surface area (Å²) in [6.45, 7) is 2.15. The smallest absolute Gasteiger partial charge is 0.143 e. The lowest BCUT2D eigenvalue weighted by Crippen LogP contribution is -2.20. The molecule has 2 aromatic carbocycles. The van der Waals surface area contributed by atoms with Gasteiger partial charge >= 0.3 is 0 Å². The van der Waals surface area contributed by atoms with Crippen molar-refractivity contribution in [3.63, 3.8) is 0 Å². The number of hydrogen-bond donors (Lipinski definition) is 0. The number of thiazole rings is 1. The van der Waals surface area contributed by atoms with Gasteiger partial charge in [-0.15, -0.1) is 4.40 Å². The molecule has 0 radical (unpaired) electrons. The van der Waals surface area contributed by atoms with Crippen LogP contribution in [0.2, 0.25) is 0 Å². The fourth-order valence-electron chi connectivity index (χ4n) is 2.52. The summed E-state index contributed by atoms with van der Waals surface area (Å²) in [5, 5.41) is 1.29. The first-order valence-corrected chi connectivity index (χ1v) is 6.87. The van der Waals surface area contributed by atoms with Crippen molar-refractivity contribution in [2.24, 2.45) is 0 Å². The zero-order valence-electron chi connectivity index (χ0n) is 10.1. The Morgan fingerprint density at radius 1 is 0.889 bits per heavy atom. The first kappa shape index (κ1) is 10.0. The number of para-hydroxylation sites is 1. The highest BCUT2D eigenvalue weighted by atomic mass is 32.1. The summed E-state index contributed by atoms with van der Waals surface area (Å²) in [7, 11) is 0. The summed E-state index contributed by atoms with van der Waals surface area (Å²) >= 11 is 1.85. The van der Waals surface area contributed by atoms with Crippen LogP contribution in [0.15, 0.2) is 54.6 Å². The predicted molar refractivity (Wildman–Crippen MR) is 77.2 cm³/mol. The molecule has 18 heavy (non-hydrogen) atoms. The third-order valence-electron chi connectivity index (χ3n) is 3.37. The highest BCUT2D eigenvalue weighted by Gasteiger charge is 2.16. The second-order valence-electron chi connectivity index (χ2n) is 4.64. The third kappa shape index (κ3) is 1.30. The molecule has 0 fully saturated rings. The quantitative estimate of drug-likeness (QED) is 0.414. The van der Waals surface area contributed by atoms with Crippen LogP contribution in [0.3, 0.4) is 0 Å². The summed E-state index contributed by atoms with van der Waals surface area (Å²) in [6, 6.07) is 19.6. The first-order valence-electron chi connectivity index (χ1n) is 6.06. The molecule has 0 spiro atoms. The summed E-state index contributed by atoms with van der Waals surface area (Å²) in [5.41, 5.74) is 3.90. The number of hydrogen-bond acceptors (Lipinski definition) is 1. The molecule has 0 atom stereocenters. The molecule has 0 aliphatic heterocycles. The Morgan fingerprint density at radius 3 is 2.72 bits per heavy atom. The number of fused-ring (bicyclic) bond motifs is 5. The number of rotatable bonds is 0. The van der Waals surface area contributed by atoms with Crippen molar-refractivity contribution in [3.8, 4) is 0 Å². The number of aryl methyl sites for hydroxylation is 1. The van der Waals surface area contributed by atoms with Crippen LogP contribution in [0.5, 0.6) is 0 Å². The Bertz CT molecular complexity index is 889. The number of pyridine rings is 1. The van der Waals surface area contributed by atoms with Gasteiger partial charge < -0.3 is 0 Å². The van der Waals surface area contributed by atoms with Gasteiger partial charge in [0, 0.05) is 23.6 Å². The summed E-state index contributed by atoms with van der Waals surface area (Å²) in [5.74, 6) is 0. The minimum atomic E-state index is 1.28. The molecular formula is C16H12NS+. The molecule has 0 aliphatic carbocycles. The molecule has 4 rings (SSSR count). The van der Waals surface area contributed by atoms with Crippen LogP contribution in [0, 0.1) is 6.92 Å². The minimum absolute atomic E-state index is 1.28. The predicted octanol–water partition coefficient (Wildman–Crippen LogP) is 4.10. The van der Waals surface area contributed by atoms with E-state index in [0.717, 1.165) is 0 Å². The van der Waals surface area contributed by atoms with E-state index in [9.17, 15) is 0 Å². The van der Waals surface area contributed by atoms with Gasteiger partial charge in [0.25, 0.3) is 4.83 Å². The molecule has 0 aliphatic rings. The average molecular weight is 250 g/mol. The highest BCUT2D eigenvalue weighted by molar-refractivity contribution is 7.23. The van der Waals surface area contributed by atoms with Crippen molar-refractivity contribution in [1.29, 1.82) is 0 Å². The monoisotopic (exact) mass is 250 g/mol. The van der Waals surface area contributed by atoms with Gasteiger partial charge in [-0.05, 0) is 30.7 Å². The van der Waals surface area contributed by atoms with Crippen LogP contribution >= 0.6 is 11.3 Å². The van der Waals surface area contributed by atoms with Crippen LogP contribution in [-0.2, 0) is 0 Å². The standard InChI is InChI=1S/C16H12NS/c1-11-6-8-15-14(10-11)17-13-5-3-2-4-12(13)7-9-16(17)18-15/h2-10H,1H3/q+1. The Kier molecular flexibility index (Phi) is 1.97. The topological polar surface area (TPSA) is 4.10 Å². The van der Waals surface area contributed by atoms with Gasteiger partial charge in [0.1, 0.15) is 4.70 Å². The van der Waals surface area contributed by atoms with E-state index in [1.807, 2.05) is 11.3 Å². The van der Waals surface area contributed by atoms with Crippen molar-refractivity contribution in [3.05, 3.63) is 60.2 Å². The number of nitrogens with zero attached hydrogens (tertiary/aromatic N) is 1. The van der Waals surface area contributed by atoms with E-state index in [2.05, 4.69) is 65.9 Å². The maximum atomic E-state index is 2.36. The molecule has 1 nitrogen and oxygen atoms in total. The van der Waals surface area contributed by atoms with Gasteiger partial charge in [0.2, 0.25) is 11.0 Å². The van der Waals surface area contributed by atoms with E-state index in [4.69, 9.17) is 0 Å². The maximum absolute atomic E-state index is 2.36. The lowest BCUT2D eigenvalue weighted by atomic mass is 10.2. The van der Waals surface area contributed by atoms with Gasteiger partial charge in [-0.25, -0.2) is 0 Å². The molecule has 0 N–H and O–H groups in total. The summed E-state index contributed by atoms with van der Waals surface area (Å²) in [4.78, 5) is 1.30.